The molecule has 0 radical (unpaired) electrons. The first-order valence-corrected chi connectivity index (χ1v) is 10.3. The van der Waals surface area contributed by atoms with Crippen molar-refractivity contribution in [1.82, 2.24) is 4.90 Å². The van der Waals surface area contributed by atoms with Gasteiger partial charge in [0.05, 0.1) is 6.61 Å². The summed E-state index contributed by atoms with van der Waals surface area (Å²) in [5, 5.41) is 1.15. The molecule has 27 heavy (non-hydrogen) atoms. The van der Waals surface area contributed by atoms with Gasteiger partial charge in [0.2, 0.25) is 0 Å². The molecular formula is C22H24N2O2S. The van der Waals surface area contributed by atoms with E-state index in [-0.39, 0.29) is 5.97 Å². The van der Waals surface area contributed by atoms with Crippen molar-refractivity contribution in [2.45, 2.75) is 13.5 Å². The molecule has 1 fully saturated rings. The van der Waals surface area contributed by atoms with Crippen LogP contribution in [0, 0.1) is 0 Å². The summed E-state index contributed by atoms with van der Waals surface area (Å²) in [5.74, 6) is -0.225. The molecule has 4 nitrogen and oxygen atoms in total. The smallest absolute Gasteiger partial charge is 0.348 e. The van der Waals surface area contributed by atoms with Gasteiger partial charge < -0.3 is 9.64 Å². The Morgan fingerprint density at radius 2 is 1.81 bits per heavy atom. The zero-order chi connectivity index (χ0) is 18.6. The van der Waals surface area contributed by atoms with Gasteiger partial charge >= 0.3 is 5.97 Å². The summed E-state index contributed by atoms with van der Waals surface area (Å²) >= 11 is 1.51. The highest BCUT2D eigenvalue weighted by Crippen LogP contribution is 2.34. The number of thiophene rings is 1. The van der Waals surface area contributed by atoms with Crippen molar-refractivity contribution in [3.8, 4) is 0 Å². The second-order valence-corrected chi connectivity index (χ2v) is 7.85. The predicted molar refractivity (Wildman–Crippen MR) is 112 cm³/mol. The van der Waals surface area contributed by atoms with Crippen molar-refractivity contribution in [2.75, 3.05) is 37.7 Å². The fraction of sp³-hybridized carbons (Fsp3) is 0.318. The number of hydrogen-bond donors (Lipinski definition) is 0. The van der Waals surface area contributed by atoms with E-state index in [1.54, 1.807) is 0 Å². The highest BCUT2D eigenvalue weighted by Gasteiger charge is 2.20. The number of benzene rings is 2. The lowest BCUT2D eigenvalue weighted by atomic mass is 10.1. The Kier molecular flexibility index (Phi) is 5.41. The lowest BCUT2D eigenvalue weighted by Crippen LogP contribution is -2.46. The maximum atomic E-state index is 12.1. The number of esters is 1. The highest BCUT2D eigenvalue weighted by atomic mass is 32.1. The van der Waals surface area contributed by atoms with E-state index < -0.39 is 0 Å². The average molecular weight is 381 g/mol. The number of rotatable bonds is 5. The summed E-state index contributed by atoms with van der Waals surface area (Å²) in [6, 6.07) is 19.0. The molecule has 0 aliphatic carbocycles. The first-order chi connectivity index (χ1) is 13.2. The topological polar surface area (TPSA) is 32.8 Å². The fourth-order valence-electron chi connectivity index (χ4n) is 3.61. The lowest BCUT2D eigenvalue weighted by Gasteiger charge is -2.36. The Labute approximate surface area is 164 Å². The zero-order valence-electron chi connectivity index (χ0n) is 15.6. The number of nitrogens with zero attached hydrogens (tertiary/aromatic N) is 2. The van der Waals surface area contributed by atoms with Gasteiger partial charge in [-0.05, 0) is 30.7 Å². The van der Waals surface area contributed by atoms with Gasteiger partial charge in [-0.3, -0.25) is 4.90 Å². The van der Waals surface area contributed by atoms with Crippen LogP contribution in [-0.2, 0) is 11.3 Å². The van der Waals surface area contributed by atoms with E-state index in [0.29, 0.717) is 11.5 Å². The first-order valence-electron chi connectivity index (χ1n) is 9.45. The van der Waals surface area contributed by atoms with Gasteiger partial charge in [0.1, 0.15) is 4.88 Å². The molecule has 0 saturated carbocycles. The lowest BCUT2D eigenvalue weighted by molar-refractivity contribution is 0.0532. The standard InChI is InChI=1S/C22H24N2O2S/c1-2-26-22(25)21-15-18-19(9-6-10-20(18)27-21)24-13-11-23(12-14-24)16-17-7-4-3-5-8-17/h3-10,15H,2,11-14,16H2,1H3. The molecule has 1 aromatic heterocycles. The predicted octanol–water partition coefficient (Wildman–Crippen LogP) is 4.40. The summed E-state index contributed by atoms with van der Waals surface area (Å²) in [6.07, 6.45) is 0. The number of ether oxygens (including phenoxy) is 1. The Hall–Kier alpha value is -2.37. The van der Waals surface area contributed by atoms with Gasteiger partial charge in [-0.1, -0.05) is 36.4 Å². The molecule has 4 rings (SSSR count). The molecule has 140 valence electrons. The molecule has 1 aliphatic heterocycles. The molecule has 3 aromatic rings. The van der Waals surface area contributed by atoms with E-state index in [9.17, 15) is 4.79 Å². The van der Waals surface area contributed by atoms with Crippen LogP contribution in [0.25, 0.3) is 10.1 Å². The van der Waals surface area contributed by atoms with Crippen LogP contribution in [0.15, 0.2) is 54.6 Å². The molecule has 0 atom stereocenters. The van der Waals surface area contributed by atoms with Crippen molar-refractivity contribution in [3.63, 3.8) is 0 Å². The Bertz CT molecular complexity index is 914. The van der Waals surface area contributed by atoms with Gasteiger partial charge in [0.15, 0.2) is 0 Å². The molecule has 1 saturated heterocycles. The zero-order valence-corrected chi connectivity index (χ0v) is 16.4. The van der Waals surface area contributed by atoms with Crippen molar-refractivity contribution < 1.29 is 9.53 Å². The van der Waals surface area contributed by atoms with E-state index in [4.69, 9.17) is 4.74 Å². The van der Waals surface area contributed by atoms with E-state index in [1.807, 2.05) is 13.0 Å². The van der Waals surface area contributed by atoms with Crippen LogP contribution in [-0.4, -0.2) is 43.7 Å². The number of anilines is 1. The summed E-state index contributed by atoms with van der Waals surface area (Å²) in [4.78, 5) is 17.7. The second-order valence-electron chi connectivity index (χ2n) is 6.77. The van der Waals surface area contributed by atoms with Crippen molar-refractivity contribution >= 4 is 33.1 Å². The second kappa shape index (κ2) is 8.11. The molecule has 0 N–H and O–H groups in total. The molecule has 0 bridgehead atoms. The third-order valence-corrected chi connectivity index (χ3v) is 6.06. The van der Waals surface area contributed by atoms with Gasteiger partial charge in [-0.25, -0.2) is 4.79 Å². The van der Waals surface area contributed by atoms with Gasteiger partial charge in [-0.15, -0.1) is 11.3 Å². The van der Waals surface area contributed by atoms with Gasteiger partial charge in [-0.2, -0.15) is 0 Å². The van der Waals surface area contributed by atoms with E-state index in [0.717, 1.165) is 42.8 Å². The quantitative estimate of drug-likeness (QED) is 0.614. The van der Waals surface area contributed by atoms with Crippen molar-refractivity contribution in [2.24, 2.45) is 0 Å². The molecule has 2 heterocycles. The Balaban J connectivity index is 1.48. The summed E-state index contributed by atoms with van der Waals surface area (Å²) in [6.45, 7) is 7.33. The first kappa shape index (κ1) is 18.0. The van der Waals surface area contributed by atoms with Crippen LogP contribution in [0.3, 0.4) is 0 Å². The third-order valence-electron chi connectivity index (χ3n) is 4.98. The Morgan fingerprint density at radius 1 is 1.04 bits per heavy atom. The van der Waals surface area contributed by atoms with Gasteiger partial charge in [0, 0.05) is 48.5 Å². The van der Waals surface area contributed by atoms with Gasteiger partial charge in [0.25, 0.3) is 0 Å². The number of piperazine rings is 1. The maximum absolute atomic E-state index is 12.1. The number of carbonyl (C=O) groups is 1. The summed E-state index contributed by atoms with van der Waals surface area (Å²) in [5.41, 5.74) is 2.59. The van der Waals surface area contributed by atoms with Crippen molar-refractivity contribution in [1.29, 1.82) is 0 Å². The molecule has 2 aromatic carbocycles. The van der Waals surface area contributed by atoms with Crippen LogP contribution in [0.2, 0.25) is 0 Å². The number of fused-ring (bicyclic) bond motifs is 1. The van der Waals surface area contributed by atoms with Crippen molar-refractivity contribution in [3.05, 3.63) is 65.0 Å². The van der Waals surface area contributed by atoms with Crippen LogP contribution in [0.4, 0.5) is 5.69 Å². The molecule has 0 spiro atoms. The fourth-order valence-corrected chi connectivity index (χ4v) is 4.59. The molecule has 1 aliphatic rings. The SMILES string of the molecule is CCOC(=O)c1cc2c(N3CCN(Cc4ccccc4)CC3)cccc2s1. The highest BCUT2D eigenvalue weighted by molar-refractivity contribution is 7.20. The number of carbonyl (C=O) groups excluding carboxylic acids is 1. The Morgan fingerprint density at radius 3 is 2.56 bits per heavy atom. The maximum Gasteiger partial charge on any atom is 0.348 e. The normalized spacial score (nSPS) is 15.2. The minimum Gasteiger partial charge on any atom is -0.462 e. The van der Waals surface area contributed by atoms with E-state index in [1.165, 1.54) is 22.6 Å². The van der Waals surface area contributed by atoms with Crippen LogP contribution in [0.1, 0.15) is 22.2 Å². The molecule has 0 amide bonds. The monoisotopic (exact) mass is 380 g/mol. The molecular weight excluding hydrogens is 356 g/mol. The van der Waals surface area contributed by atoms with E-state index in [2.05, 4.69) is 58.3 Å². The largest absolute Gasteiger partial charge is 0.462 e. The van der Waals surface area contributed by atoms with Crippen LogP contribution >= 0.6 is 11.3 Å². The minimum absolute atomic E-state index is 0.225. The summed E-state index contributed by atoms with van der Waals surface area (Å²) < 4.78 is 6.31. The van der Waals surface area contributed by atoms with E-state index >= 15 is 0 Å². The molecule has 5 heteroatoms. The number of hydrogen-bond acceptors (Lipinski definition) is 5. The minimum atomic E-state index is -0.225. The van der Waals surface area contributed by atoms with Crippen LogP contribution < -0.4 is 4.90 Å². The van der Waals surface area contributed by atoms with Crippen LogP contribution in [0.5, 0.6) is 0 Å². The summed E-state index contributed by atoms with van der Waals surface area (Å²) in [7, 11) is 0. The molecule has 0 unspecified atom stereocenters. The third kappa shape index (κ3) is 3.99. The average Bonchev–Trinajstić information content (AvgIpc) is 3.14.